The summed E-state index contributed by atoms with van der Waals surface area (Å²) in [5.41, 5.74) is 3.65. The van der Waals surface area contributed by atoms with Crippen LogP contribution in [0.1, 0.15) is 57.5 Å². The molecule has 2 nitrogen and oxygen atoms in total. The van der Waals surface area contributed by atoms with Crippen LogP contribution in [0.3, 0.4) is 0 Å². The van der Waals surface area contributed by atoms with Gasteiger partial charge in [-0.05, 0) is 22.2 Å². The summed E-state index contributed by atoms with van der Waals surface area (Å²) in [6.07, 6.45) is 0.875. The number of hydrogen-bond acceptors (Lipinski definition) is 2. The van der Waals surface area contributed by atoms with E-state index in [1.165, 1.54) is 0 Å². The Morgan fingerprint density at radius 2 is 1.40 bits per heavy atom. The molecule has 1 aromatic rings. The molecule has 0 aromatic heterocycles. The van der Waals surface area contributed by atoms with Gasteiger partial charge in [0.05, 0.1) is 6.61 Å². The van der Waals surface area contributed by atoms with Gasteiger partial charge in [-0.25, -0.2) is 0 Å². The van der Waals surface area contributed by atoms with E-state index in [0.29, 0.717) is 28.8 Å². The maximum Gasteiger partial charge on any atom is 0.200 e. The molecule has 0 amide bonds. The lowest BCUT2D eigenvalue weighted by Crippen LogP contribution is -2.47. The lowest BCUT2D eigenvalue weighted by Gasteiger charge is -2.42. The fraction of sp³-hybridized carbons (Fsp3) is 0.588. The molecule has 0 N–H and O–H groups in total. The Balaban J connectivity index is 2.87. The van der Waals surface area contributed by atoms with Crippen molar-refractivity contribution in [1.82, 2.24) is 0 Å². The molecular formula is C17H28O2Si. The van der Waals surface area contributed by atoms with Crippen molar-refractivity contribution in [3.63, 3.8) is 0 Å². The maximum atomic E-state index is 10.7. The lowest BCUT2D eigenvalue weighted by atomic mass is 10.2. The van der Waals surface area contributed by atoms with Crippen LogP contribution in [-0.4, -0.2) is 14.6 Å². The lowest BCUT2D eigenvalue weighted by molar-refractivity contribution is 0.112. The van der Waals surface area contributed by atoms with Crippen LogP contribution in [0.5, 0.6) is 0 Å². The van der Waals surface area contributed by atoms with Gasteiger partial charge in [0.2, 0.25) is 8.32 Å². The first-order chi connectivity index (χ1) is 9.34. The number of carbonyl (C=O) groups excluding carboxylic acids is 1. The minimum Gasteiger partial charge on any atom is -0.412 e. The minimum absolute atomic E-state index is 0.594. The number of benzene rings is 1. The van der Waals surface area contributed by atoms with E-state index >= 15 is 0 Å². The first-order valence-electron chi connectivity index (χ1n) is 7.52. The average Bonchev–Trinajstić information content (AvgIpc) is 2.38. The van der Waals surface area contributed by atoms with Gasteiger partial charge < -0.3 is 4.43 Å². The third-order valence-electron chi connectivity index (χ3n) is 4.31. The second kappa shape index (κ2) is 7.18. The highest BCUT2D eigenvalue weighted by molar-refractivity contribution is 6.77. The minimum atomic E-state index is -1.80. The smallest absolute Gasteiger partial charge is 0.200 e. The molecule has 0 aliphatic heterocycles. The highest BCUT2D eigenvalue weighted by Gasteiger charge is 2.44. The van der Waals surface area contributed by atoms with Gasteiger partial charge >= 0.3 is 0 Å². The summed E-state index contributed by atoms with van der Waals surface area (Å²) in [4.78, 5) is 10.7. The molecule has 3 heteroatoms. The molecule has 112 valence electrons. The van der Waals surface area contributed by atoms with E-state index in [9.17, 15) is 4.79 Å². The van der Waals surface area contributed by atoms with E-state index in [4.69, 9.17) is 4.43 Å². The van der Waals surface area contributed by atoms with E-state index < -0.39 is 8.32 Å². The van der Waals surface area contributed by atoms with Gasteiger partial charge in [0, 0.05) is 5.56 Å². The number of carbonyl (C=O) groups is 1. The quantitative estimate of drug-likeness (QED) is 0.510. The Labute approximate surface area is 124 Å². The average molecular weight is 292 g/mol. The van der Waals surface area contributed by atoms with Gasteiger partial charge in [-0.2, -0.15) is 0 Å². The molecule has 0 saturated carbocycles. The molecule has 0 bridgehead atoms. The summed E-state index contributed by atoms with van der Waals surface area (Å²) in [5.74, 6) is 0. The fourth-order valence-corrected chi connectivity index (χ4v) is 8.82. The molecule has 0 unspecified atom stereocenters. The van der Waals surface area contributed by atoms with Crippen LogP contribution >= 0.6 is 0 Å². The summed E-state index contributed by atoms with van der Waals surface area (Å²) in [6, 6.07) is 7.69. The SMILES string of the molecule is CC(C)[Si](OCc1ccc(C=O)cc1)(C(C)C)C(C)C. The van der Waals surface area contributed by atoms with E-state index in [1.807, 2.05) is 24.3 Å². The van der Waals surface area contributed by atoms with E-state index in [1.54, 1.807) is 0 Å². The van der Waals surface area contributed by atoms with Crippen LogP contribution in [0, 0.1) is 0 Å². The second-order valence-corrected chi connectivity index (χ2v) is 11.9. The zero-order chi connectivity index (χ0) is 15.3. The normalized spacial score (nSPS) is 12.4. The van der Waals surface area contributed by atoms with Crippen molar-refractivity contribution >= 4 is 14.6 Å². The summed E-state index contributed by atoms with van der Waals surface area (Å²) in [7, 11) is -1.80. The third kappa shape index (κ3) is 3.58. The van der Waals surface area contributed by atoms with Crippen molar-refractivity contribution in [3.8, 4) is 0 Å². The van der Waals surface area contributed by atoms with Crippen LogP contribution in [0.4, 0.5) is 0 Å². The fourth-order valence-electron chi connectivity index (χ4n) is 3.40. The molecule has 0 fully saturated rings. The number of hydrogen-bond donors (Lipinski definition) is 0. The summed E-state index contributed by atoms with van der Waals surface area (Å²) in [5, 5.41) is 0. The van der Waals surface area contributed by atoms with Crippen LogP contribution in [0.2, 0.25) is 16.6 Å². The highest BCUT2D eigenvalue weighted by Crippen LogP contribution is 2.42. The monoisotopic (exact) mass is 292 g/mol. The number of rotatable bonds is 7. The zero-order valence-electron chi connectivity index (χ0n) is 13.6. The molecule has 0 aliphatic rings. The van der Waals surface area contributed by atoms with Crippen molar-refractivity contribution in [2.45, 2.75) is 64.8 Å². The van der Waals surface area contributed by atoms with Crippen molar-refractivity contribution in [3.05, 3.63) is 35.4 Å². The van der Waals surface area contributed by atoms with Gasteiger partial charge in [-0.15, -0.1) is 0 Å². The van der Waals surface area contributed by atoms with Gasteiger partial charge in [-0.3, -0.25) is 4.79 Å². The predicted molar refractivity (Wildman–Crippen MR) is 87.7 cm³/mol. The van der Waals surface area contributed by atoms with Crippen molar-refractivity contribution in [2.24, 2.45) is 0 Å². The standard InChI is InChI=1S/C17H28O2Si/c1-13(2)20(14(3)4,15(5)6)19-12-17-9-7-16(11-18)8-10-17/h7-11,13-15H,12H2,1-6H3. The molecule has 1 aromatic carbocycles. The molecule has 0 saturated heterocycles. The Kier molecular flexibility index (Phi) is 6.15. The molecule has 0 aliphatic carbocycles. The zero-order valence-corrected chi connectivity index (χ0v) is 14.6. The molecule has 0 spiro atoms. The predicted octanol–water partition coefficient (Wildman–Crippen LogP) is 5.19. The van der Waals surface area contributed by atoms with E-state index in [0.717, 1.165) is 11.8 Å². The summed E-state index contributed by atoms with van der Waals surface area (Å²) < 4.78 is 6.52. The Morgan fingerprint density at radius 1 is 0.950 bits per heavy atom. The highest BCUT2D eigenvalue weighted by atomic mass is 28.4. The third-order valence-corrected chi connectivity index (χ3v) is 10.4. The Bertz CT molecular complexity index is 399. The van der Waals surface area contributed by atoms with E-state index in [2.05, 4.69) is 41.5 Å². The van der Waals surface area contributed by atoms with Crippen LogP contribution in [0.25, 0.3) is 0 Å². The first-order valence-corrected chi connectivity index (χ1v) is 9.66. The van der Waals surface area contributed by atoms with Crippen LogP contribution < -0.4 is 0 Å². The van der Waals surface area contributed by atoms with Gasteiger partial charge in [-0.1, -0.05) is 65.8 Å². The Hall–Kier alpha value is -0.933. The van der Waals surface area contributed by atoms with Crippen molar-refractivity contribution in [1.29, 1.82) is 0 Å². The first kappa shape index (κ1) is 17.1. The topological polar surface area (TPSA) is 26.3 Å². The van der Waals surface area contributed by atoms with E-state index in [-0.39, 0.29) is 0 Å². The molecular weight excluding hydrogens is 264 g/mol. The van der Waals surface area contributed by atoms with Crippen LogP contribution in [-0.2, 0) is 11.0 Å². The molecule has 1 rings (SSSR count). The molecule has 0 radical (unpaired) electrons. The maximum absolute atomic E-state index is 10.7. The molecule has 20 heavy (non-hydrogen) atoms. The van der Waals surface area contributed by atoms with Gasteiger partial charge in [0.1, 0.15) is 6.29 Å². The van der Waals surface area contributed by atoms with Crippen molar-refractivity contribution in [2.75, 3.05) is 0 Å². The number of aldehydes is 1. The van der Waals surface area contributed by atoms with Crippen LogP contribution in [0.15, 0.2) is 24.3 Å². The van der Waals surface area contributed by atoms with Gasteiger partial charge in [0.25, 0.3) is 0 Å². The molecule has 0 heterocycles. The summed E-state index contributed by atoms with van der Waals surface area (Å²) in [6.45, 7) is 14.4. The summed E-state index contributed by atoms with van der Waals surface area (Å²) >= 11 is 0. The van der Waals surface area contributed by atoms with Crippen molar-refractivity contribution < 1.29 is 9.22 Å². The second-order valence-electron chi connectivity index (χ2n) is 6.47. The molecule has 0 atom stereocenters. The largest absolute Gasteiger partial charge is 0.412 e. The Morgan fingerprint density at radius 3 is 1.75 bits per heavy atom. The van der Waals surface area contributed by atoms with Gasteiger partial charge in [0.15, 0.2) is 0 Å².